The molecule has 0 heterocycles. The minimum Gasteiger partial charge on any atom is -0.482 e. The fraction of sp³-hybridized carbons (Fsp3) is 0.0769. The van der Waals surface area contributed by atoms with Crippen molar-refractivity contribution in [3.63, 3.8) is 0 Å². The monoisotopic (exact) mass is 281 g/mol. The molecule has 2 rings (SSSR count). The number of hydrogen-bond acceptors (Lipinski definition) is 3. The molecule has 0 atom stereocenters. The Kier molecular flexibility index (Phi) is 3.97. The SMILES string of the molecule is O=[N+]([O-])c1cc(Cl)ccc1OCc1ccc(F)cc1. The van der Waals surface area contributed by atoms with Crippen molar-refractivity contribution in [3.8, 4) is 5.75 Å². The van der Waals surface area contributed by atoms with Crippen LogP contribution in [0, 0.1) is 15.9 Å². The molecule has 0 unspecified atom stereocenters. The smallest absolute Gasteiger partial charge is 0.312 e. The van der Waals surface area contributed by atoms with Gasteiger partial charge in [0.15, 0.2) is 5.75 Å². The van der Waals surface area contributed by atoms with Gasteiger partial charge in [0.25, 0.3) is 0 Å². The van der Waals surface area contributed by atoms with Crippen LogP contribution in [0.4, 0.5) is 10.1 Å². The molecule has 0 amide bonds. The average Bonchev–Trinajstić information content (AvgIpc) is 2.39. The Balaban J connectivity index is 2.15. The van der Waals surface area contributed by atoms with E-state index in [-0.39, 0.29) is 28.9 Å². The van der Waals surface area contributed by atoms with E-state index in [1.807, 2.05) is 0 Å². The second-order valence-electron chi connectivity index (χ2n) is 3.78. The number of nitro benzene ring substituents is 1. The highest BCUT2D eigenvalue weighted by Crippen LogP contribution is 2.30. The predicted molar refractivity (Wildman–Crippen MR) is 68.8 cm³/mol. The number of ether oxygens (including phenoxy) is 1. The quantitative estimate of drug-likeness (QED) is 0.629. The van der Waals surface area contributed by atoms with E-state index in [2.05, 4.69) is 0 Å². The van der Waals surface area contributed by atoms with Gasteiger partial charge in [-0.05, 0) is 29.8 Å². The van der Waals surface area contributed by atoms with Crippen molar-refractivity contribution in [1.82, 2.24) is 0 Å². The first-order valence-electron chi connectivity index (χ1n) is 5.37. The molecule has 0 aromatic heterocycles. The summed E-state index contributed by atoms with van der Waals surface area (Å²) in [6, 6.07) is 9.87. The van der Waals surface area contributed by atoms with Crippen LogP contribution in [0.2, 0.25) is 5.02 Å². The lowest BCUT2D eigenvalue weighted by molar-refractivity contribution is -0.385. The molecule has 4 nitrogen and oxygen atoms in total. The highest BCUT2D eigenvalue weighted by Gasteiger charge is 2.15. The number of benzene rings is 2. The van der Waals surface area contributed by atoms with Crippen LogP contribution in [0.25, 0.3) is 0 Å². The lowest BCUT2D eigenvalue weighted by atomic mass is 10.2. The maximum atomic E-state index is 12.7. The Morgan fingerprint density at radius 1 is 1.21 bits per heavy atom. The third-order valence-corrected chi connectivity index (χ3v) is 2.66. The summed E-state index contributed by atoms with van der Waals surface area (Å²) in [7, 11) is 0. The second-order valence-corrected chi connectivity index (χ2v) is 4.22. The van der Waals surface area contributed by atoms with E-state index >= 15 is 0 Å². The Morgan fingerprint density at radius 2 is 1.89 bits per heavy atom. The first kappa shape index (κ1) is 13.3. The van der Waals surface area contributed by atoms with E-state index < -0.39 is 4.92 Å². The molecule has 0 fully saturated rings. The molecule has 6 heteroatoms. The Labute approximate surface area is 113 Å². The van der Waals surface area contributed by atoms with Crippen LogP contribution in [0.5, 0.6) is 5.75 Å². The van der Waals surface area contributed by atoms with Crippen LogP contribution >= 0.6 is 11.6 Å². The van der Waals surface area contributed by atoms with Crippen LogP contribution in [0.15, 0.2) is 42.5 Å². The maximum absolute atomic E-state index is 12.7. The molecule has 0 saturated carbocycles. The van der Waals surface area contributed by atoms with Crippen molar-refractivity contribution < 1.29 is 14.1 Å². The summed E-state index contributed by atoms with van der Waals surface area (Å²) in [5.74, 6) is -0.222. The summed E-state index contributed by atoms with van der Waals surface area (Å²) in [6.45, 7) is 0.114. The number of nitro groups is 1. The van der Waals surface area contributed by atoms with Crippen molar-refractivity contribution in [2.75, 3.05) is 0 Å². The molecule has 0 aliphatic rings. The van der Waals surface area contributed by atoms with Crippen LogP contribution in [-0.4, -0.2) is 4.92 Å². The third kappa shape index (κ3) is 3.42. The molecule has 0 bridgehead atoms. The second kappa shape index (κ2) is 5.67. The third-order valence-electron chi connectivity index (χ3n) is 2.43. The molecule has 19 heavy (non-hydrogen) atoms. The fourth-order valence-electron chi connectivity index (χ4n) is 1.50. The van der Waals surface area contributed by atoms with Crippen molar-refractivity contribution in [3.05, 3.63) is 69.0 Å². The molecular formula is C13H9ClFNO3. The molecule has 98 valence electrons. The average molecular weight is 282 g/mol. The minimum absolute atomic E-state index is 0.114. The molecule has 0 saturated heterocycles. The number of rotatable bonds is 4. The predicted octanol–water partition coefficient (Wildman–Crippen LogP) is 3.97. The molecule has 0 N–H and O–H groups in total. The van der Waals surface area contributed by atoms with E-state index in [0.29, 0.717) is 5.56 Å². The summed E-state index contributed by atoms with van der Waals surface area (Å²) in [5, 5.41) is 11.1. The van der Waals surface area contributed by atoms with Crippen LogP contribution in [0.1, 0.15) is 5.56 Å². The standard InChI is InChI=1S/C13H9ClFNO3/c14-10-3-6-13(12(7-10)16(17)18)19-8-9-1-4-11(15)5-2-9/h1-7H,8H2. The van der Waals surface area contributed by atoms with Crippen molar-refractivity contribution >= 4 is 17.3 Å². The first-order chi connectivity index (χ1) is 9.06. The molecule has 2 aromatic rings. The van der Waals surface area contributed by atoms with E-state index in [0.717, 1.165) is 0 Å². The van der Waals surface area contributed by atoms with Crippen LogP contribution in [0.3, 0.4) is 0 Å². The van der Waals surface area contributed by atoms with Crippen molar-refractivity contribution in [2.24, 2.45) is 0 Å². The van der Waals surface area contributed by atoms with Gasteiger partial charge >= 0.3 is 5.69 Å². The van der Waals surface area contributed by atoms with Crippen LogP contribution < -0.4 is 4.74 Å². The van der Waals surface area contributed by atoms with Gasteiger partial charge in [-0.3, -0.25) is 10.1 Å². The molecule has 2 aromatic carbocycles. The zero-order valence-corrected chi connectivity index (χ0v) is 10.4. The number of halogens is 2. The van der Waals surface area contributed by atoms with Crippen LogP contribution in [-0.2, 0) is 6.61 Å². The van der Waals surface area contributed by atoms with E-state index in [1.54, 1.807) is 12.1 Å². The molecule has 0 spiro atoms. The van der Waals surface area contributed by atoms with Gasteiger partial charge in [-0.1, -0.05) is 23.7 Å². The summed E-state index contributed by atoms with van der Waals surface area (Å²) in [4.78, 5) is 10.3. The zero-order chi connectivity index (χ0) is 13.8. The largest absolute Gasteiger partial charge is 0.482 e. The van der Waals surface area contributed by atoms with Gasteiger partial charge in [0.2, 0.25) is 0 Å². The molecule has 0 aliphatic heterocycles. The highest BCUT2D eigenvalue weighted by atomic mass is 35.5. The van der Waals surface area contributed by atoms with E-state index in [4.69, 9.17) is 16.3 Å². The number of hydrogen-bond donors (Lipinski definition) is 0. The summed E-state index contributed by atoms with van der Waals surface area (Å²) < 4.78 is 18.1. The van der Waals surface area contributed by atoms with E-state index in [1.165, 1.54) is 30.3 Å². The minimum atomic E-state index is -0.564. The Bertz CT molecular complexity index is 601. The van der Waals surface area contributed by atoms with Gasteiger partial charge in [0.1, 0.15) is 12.4 Å². The lowest BCUT2D eigenvalue weighted by Gasteiger charge is -2.07. The molecular weight excluding hydrogens is 273 g/mol. The van der Waals surface area contributed by atoms with Gasteiger partial charge in [0, 0.05) is 11.1 Å². The van der Waals surface area contributed by atoms with Gasteiger partial charge in [-0.15, -0.1) is 0 Å². The van der Waals surface area contributed by atoms with Gasteiger partial charge in [-0.25, -0.2) is 4.39 Å². The topological polar surface area (TPSA) is 52.4 Å². The fourth-order valence-corrected chi connectivity index (χ4v) is 1.66. The van der Waals surface area contributed by atoms with Crippen molar-refractivity contribution in [1.29, 1.82) is 0 Å². The maximum Gasteiger partial charge on any atom is 0.312 e. The summed E-state index contributed by atoms with van der Waals surface area (Å²) in [6.07, 6.45) is 0. The molecule has 0 radical (unpaired) electrons. The first-order valence-corrected chi connectivity index (χ1v) is 5.75. The van der Waals surface area contributed by atoms with E-state index in [9.17, 15) is 14.5 Å². The van der Waals surface area contributed by atoms with Gasteiger partial charge < -0.3 is 4.74 Å². The lowest BCUT2D eigenvalue weighted by Crippen LogP contribution is -1.99. The number of nitrogens with zero attached hydrogens (tertiary/aromatic N) is 1. The Morgan fingerprint density at radius 3 is 2.53 bits per heavy atom. The molecule has 0 aliphatic carbocycles. The summed E-state index contributed by atoms with van der Waals surface area (Å²) >= 11 is 5.69. The van der Waals surface area contributed by atoms with Gasteiger partial charge in [0.05, 0.1) is 4.92 Å². The summed E-state index contributed by atoms with van der Waals surface area (Å²) in [5.41, 5.74) is 0.514. The zero-order valence-electron chi connectivity index (χ0n) is 9.68. The van der Waals surface area contributed by atoms with Gasteiger partial charge in [-0.2, -0.15) is 0 Å². The van der Waals surface area contributed by atoms with Crippen molar-refractivity contribution in [2.45, 2.75) is 6.61 Å². The normalized spacial score (nSPS) is 10.2. The Hall–Kier alpha value is -2.14. The highest BCUT2D eigenvalue weighted by molar-refractivity contribution is 6.30.